The van der Waals surface area contributed by atoms with E-state index in [9.17, 15) is 4.79 Å². The van der Waals surface area contributed by atoms with Gasteiger partial charge in [-0.3, -0.25) is 11.3 Å². The van der Waals surface area contributed by atoms with Crippen LogP contribution in [0.1, 0.15) is 27.2 Å². The first-order valence-electron chi connectivity index (χ1n) is 5.34. The number of nitrogens with one attached hydrogen (secondary N) is 1. The topological polar surface area (TPSA) is 67.6 Å². The molecular weight excluding hydrogens is 194 g/mol. The second kappa shape index (κ2) is 4.81. The molecule has 1 amide bonds. The van der Waals surface area contributed by atoms with Crippen LogP contribution in [0.15, 0.2) is 0 Å². The maximum absolute atomic E-state index is 11.7. The molecular formula is C10H21N3O2. The van der Waals surface area contributed by atoms with Gasteiger partial charge in [0.2, 0.25) is 0 Å². The molecule has 1 unspecified atom stereocenters. The summed E-state index contributed by atoms with van der Waals surface area (Å²) in [6.07, 6.45) is 0.769. The highest BCUT2D eigenvalue weighted by atomic mass is 16.6. The third-order valence-electron chi connectivity index (χ3n) is 2.34. The Bertz CT molecular complexity index is 225. The molecule has 0 aromatic heterocycles. The molecule has 0 aromatic rings. The normalized spacial score (nSPS) is 21.9. The fraction of sp³-hybridized carbons (Fsp3) is 0.900. The van der Waals surface area contributed by atoms with E-state index in [1.807, 2.05) is 20.8 Å². The average Bonchev–Trinajstić information content (AvgIpc) is 2.50. The standard InChI is InChI=1S/C10H21N3O2/c1-10(2,3)15-9(14)13-5-4-8(7-13)6-12-11/h8,12H,4-7,11H2,1-3H3. The Morgan fingerprint density at radius 1 is 1.60 bits per heavy atom. The van der Waals surface area contributed by atoms with Crippen molar-refractivity contribution in [2.24, 2.45) is 11.8 Å². The van der Waals surface area contributed by atoms with Crippen molar-refractivity contribution in [1.29, 1.82) is 0 Å². The third-order valence-corrected chi connectivity index (χ3v) is 2.34. The quantitative estimate of drug-likeness (QED) is 0.526. The molecule has 0 radical (unpaired) electrons. The van der Waals surface area contributed by atoms with Gasteiger partial charge in [-0.1, -0.05) is 0 Å². The molecule has 1 saturated heterocycles. The Kier molecular flexibility index (Phi) is 3.93. The van der Waals surface area contributed by atoms with Crippen LogP contribution in [0.5, 0.6) is 0 Å². The molecule has 1 aliphatic rings. The number of amides is 1. The number of likely N-dealkylation sites (tertiary alicyclic amines) is 1. The Morgan fingerprint density at radius 3 is 2.80 bits per heavy atom. The van der Waals surface area contributed by atoms with Crippen molar-refractivity contribution >= 4 is 6.09 Å². The Hall–Kier alpha value is -0.810. The zero-order chi connectivity index (χ0) is 11.5. The lowest BCUT2D eigenvalue weighted by molar-refractivity contribution is 0.0288. The Labute approximate surface area is 90.9 Å². The molecule has 1 atom stereocenters. The van der Waals surface area contributed by atoms with E-state index in [0.717, 1.165) is 26.1 Å². The summed E-state index contributed by atoms with van der Waals surface area (Å²) in [5.41, 5.74) is 2.22. The van der Waals surface area contributed by atoms with Gasteiger partial charge in [0.1, 0.15) is 5.60 Å². The van der Waals surface area contributed by atoms with Crippen LogP contribution in [-0.4, -0.2) is 36.2 Å². The van der Waals surface area contributed by atoms with Crippen molar-refractivity contribution in [2.75, 3.05) is 19.6 Å². The van der Waals surface area contributed by atoms with Crippen molar-refractivity contribution in [3.8, 4) is 0 Å². The lowest BCUT2D eigenvalue weighted by Gasteiger charge is -2.24. The van der Waals surface area contributed by atoms with E-state index >= 15 is 0 Å². The van der Waals surface area contributed by atoms with E-state index in [2.05, 4.69) is 5.43 Å². The summed E-state index contributed by atoms with van der Waals surface area (Å²) in [5.74, 6) is 5.69. The number of carbonyl (C=O) groups excluding carboxylic acids is 1. The number of hydrogen-bond donors (Lipinski definition) is 2. The van der Waals surface area contributed by atoms with Crippen LogP contribution in [0.25, 0.3) is 0 Å². The van der Waals surface area contributed by atoms with Gasteiger partial charge >= 0.3 is 6.09 Å². The molecule has 88 valence electrons. The molecule has 0 spiro atoms. The molecule has 1 fully saturated rings. The van der Waals surface area contributed by atoms with E-state index in [4.69, 9.17) is 10.6 Å². The van der Waals surface area contributed by atoms with Crippen molar-refractivity contribution in [1.82, 2.24) is 10.3 Å². The first-order valence-corrected chi connectivity index (χ1v) is 5.34. The van der Waals surface area contributed by atoms with Crippen LogP contribution in [0.2, 0.25) is 0 Å². The Morgan fingerprint density at radius 2 is 2.27 bits per heavy atom. The van der Waals surface area contributed by atoms with Crippen LogP contribution < -0.4 is 11.3 Å². The SMILES string of the molecule is CC(C)(C)OC(=O)N1CCC(CNN)C1. The summed E-state index contributed by atoms with van der Waals surface area (Å²) in [7, 11) is 0. The van der Waals surface area contributed by atoms with Crippen LogP contribution >= 0.6 is 0 Å². The van der Waals surface area contributed by atoms with Crippen LogP contribution in [-0.2, 0) is 4.74 Å². The van der Waals surface area contributed by atoms with E-state index in [0.29, 0.717) is 5.92 Å². The zero-order valence-electron chi connectivity index (χ0n) is 9.75. The summed E-state index contributed by atoms with van der Waals surface area (Å²) < 4.78 is 5.28. The smallest absolute Gasteiger partial charge is 0.410 e. The van der Waals surface area contributed by atoms with Gasteiger partial charge in [-0.15, -0.1) is 0 Å². The van der Waals surface area contributed by atoms with Gasteiger partial charge in [0.05, 0.1) is 0 Å². The van der Waals surface area contributed by atoms with Crippen molar-refractivity contribution in [3.05, 3.63) is 0 Å². The highest BCUT2D eigenvalue weighted by Gasteiger charge is 2.29. The lowest BCUT2D eigenvalue weighted by atomic mass is 10.1. The number of hydrazine groups is 1. The minimum atomic E-state index is -0.415. The van der Waals surface area contributed by atoms with Gasteiger partial charge in [0.25, 0.3) is 0 Å². The third kappa shape index (κ3) is 4.05. The minimum Gasteiger partial charge on any atom is -0.444 e. The predicted octanol–water partition coefficient (Wildman–Crippen LogP) is 0.707. The zero-order valence-corrected chi connectivity index (χ0v) is 9.75. The van der Waals surface area contributed by atoms with Crippen molar-refractivity contribution in [2.45, 2.75) is 32.8 Å². The minimum absolute atomic E-state index is 0.220. The number of ether oxygens (including phenoxy) is 1. The molecule has 0 saturated carbocycles. The van der Waals surface area contributed by atoms with Crippen LogP contribution in [0, 0.1) is 5.92 Å². The first-order chi connectivity index (χ1) is 6.92. The number of carbonyl (C=O) groups is 1. The van der Waals surface area contributed by atoms with Gasteiger partial charge in [0.15, 0.2) is 0 Å². The highest BCUT2D eigenvalue weighted by Crippen LogP contribution is 2.18. The molecule has 5 nitrogen and oxygen atoms in total. The summed E-state index contributed by atoms with van der Waals surface area (Å²) in [5, 5.41) is 0. The number of rotatable bonds is 2. The molecule has 15 heavy (non-hydrogen) atoms. The average molecular weight is 215 g/mol. The van der Waals surface area contributed by atoms with Crippen LogP contribution in [0.3, 0.4) is 0 Å². The lowest BCUT2D eigenvalue weighted by Crippen LogP contribution is -2.36. The molecule has 0 aliphatic carbocycles. The van der Waals surface area contributed by atoms with Gasteiger partial charge in [-0.2, -0.15) is 0 Å². The monoisotopic (exact) mass is 215 g/mol. The first kappa shape index (κ1) is 12.3. The maximum atomic E-state index is 11.7. The molecule has 0 aromatic carbocycles. The second-order valence-electron chi connectivity index (χ2n) is 4.99. The number of nitrogens with two attached hydrogens (primary N) is 1. The van der Waals surface area contributed by atoms with E-state index < -0.39 is 5.60 Å². The number of nitrogens with zero attached hydrogens (tertiary/aromatic N) is 1. The van der Waals surface area contributed by atoms with Crippen molar-refractivity contribution < 1.29 is 9.53 Å². The maximum Gasteiger partial charge on any atom is 0.410 e. The van der Waals surface area contributed by atoms with E-state index in [-0.39, 0.29) is 6.09 Å². The predicted molar refractivity (Wildman–Crippen MR) is 58.1 cm³/mol. The molecule has 1 rings (SSSR count). The van der Waals surface area contributed by atoms with Gasteiger partial charge < -0.3 is 9.64 Å². The van der Waals surface area contributed by atoms with Gasteiger partial charge in [-0.05, 0) is 33.1 Å². The fourth-order valence-corrected chi connectivity index (χ4v) is 1.66. The summed E-state index contributed by atoms with van der Waals surface area (Å²) in [6.45, 7) is 7.87. The fourth-order valence-electron chi connectivity index (χ4n) is 1.66. The van der Waals surface area contributed by atoms with Crippen molar-refractivity contribution in [3.63, 3.8) is 0 Å². The molecule has 1 heterocycles. The largest absolute Gasteiger partial charge is 0.444 e. The Balaban J connectivity index is 2.37. The molecule has 1 aliphatic heterocycles. The van der Waals surface area contributed by atoms with Gasteiger partial charge in [-0.25, -0.2) is 4.79 Å². The summed E-state index contributed by atoms with van der Waals surface area (Å²) in [6, 6.07) is 0. The highest BCUT2D eigenvalue weighted by molar-refractivity contribution is 5.68. The molecule has 0 bridgehead atoms. The summed E-state index contributed by atoms with van der Waals surface area (Å²) in [4.78, 5) is 13.4. The summed E-state index contributed by atoms with van der Waals surface area (Å²) >= 11 is 0. The van der Waals surface area contributed by atoms with E-state index in [1.165, 1.54) is 0 Å². The van der Waals surface area contributed by atoms with Gasteiger partial charge in [0, 0.05) is 19.6 Å². The van der Waals surface area contributed by atoms with E-state index in [1.54, 1.807) is 4.90 Å². The number of hydrogen-bond acceptors (Lipinski definition) is 4. The molecule has 3 N–H and O–H groups in total. The second-order valence-corrected chi connectivity index (χ2v) is 4.99. The van der Waals surface area contributed by atoms with Crippen LogP contribution in [0.4, 0.5) is 4.79 Å². The molecule has 5 heteroatoms.